The van der Waals surface area contributed by atoms with Crippen LogP contribution in [0.1, 0.15) is 322 Å². The van der Waals surface area contributed by atoms with Crippen LogP contribution in [-0.2, 0) is 18.4 Å². The van der Waals surface area contributed by atoms with Crippen LogP contribution in [0.25, 0.3) is 0 Å². The maximum absolute atomic E-state index is 13.0. The Morgan fingerprint density at radius 1 is 0.425 bits per heavy atom. The number of amides is 1. The van der Waals surface area contributed by atoms with Gasteiger partial charge in [-0.2, -0.15) is 0 Å². The molecule has 0 aliphatic heterocycles. The summed E-state index contributed by atoms with van der Waals surface area (Å²) in [7, 11) is 1.55. The quantitative estimate of drug-likeness (QED) is 0.0243. The number of phosphoric acid groups is 1. The molecule has 0 aromatic heterocycles. The molecule has 468 valence electrons. The number of allylic oxidation sites excluding steroid dienone is 11. The highest BCUT2D eigenvalue weighted by Crippen LogP contribution is 2.43. The highest BCUT2D eigenvalue weighted by molar-refractivity contribution is 7.47. The molecule has 0 aliphatic carbocycles. The summed E-state index contributed by atoms with van der Waals surface area (Å²) in [4.78, 5) is 23.3. The average Bonchev–Trinajstić information content (AvgIpc) is 3.42. The summed E-state index contributed by atoms with van der Waals surface area (Å²) in [5, 5.41) is 13.9. The van der Waals surface area contributed by atoms with Gasteiger partial charge >= 0.3 is 7.82 Å². The number of nitrogens with one attached hydrogen (secondary N) is 1. The van der Waals surface area contributed by atoms with Gasteiger partial charge in [-0.05, 0) is 83.5 Å². The van der Waals surface area contributed by atoms with Crippen molar-refractivity contribution in [2.75, 3.05) is 40.9 Å². The molecule has 80 heavy (non-hydrogen) atoms. The van der Waals surface area contributed by atoms with Crippen LogP contribution in [0.5, 0.6) is 0 Å². The number of hydrogen-bond acceptors (Lipinski definition) is 5. The molecule has 0 aromatic carbocycles. The summed E-state index contributed by atoms with van der Waals surface area (Å²) >= 11 is 0. The molecule has 0 heterocycles. The van der Waals surface area contributed by atoms with Crippen LogP contribution in [0.4, 0.5) is 0 Å². The molecule has 0 rings (SSSR count). The molecular weight excluding hydrogens is 1010 g/mol. The van der Waals surface area contributed by atoms with E-state index in [9.17, 15) is 19.4 Å². The Labute approximate surface area is 497 Å². The number of aliphatic hydroxyl groups excluding tert-OH is 1. The van der Waals surface area contributed by atoms with Gasteiger partial charge < -0.3 is 19.8 Å². The fraction of sp³-hybridized carbons (Fsp3) is 0.817. The second-order valence-corrected chi connectivity index (χ2v) is 26.0. The first-order chi connectivity index (χ1) is 39.0. The zero-order valence-corrected chi connectivity index (χ0v) is 54.5. The van der Waals surface area contributed by atoms with Gasteiger partial charge in [-0.3, -0.25) is 13.8 Å². The smallest absolute Gasteiger partial charge is 0.387 e. The van der Waals surface area contributed by atoms with E-state index in [-0.39, 0.29) is 19.1 Å². The van der Waals surface area contributed by atoms with Crippen molar-refractivity contribution in [1.82, 2.24) is 5.32 Å². The highest BCUT2D eigenvalue weighted by Gasteiger charge is 2.28. The lowest BCUT2D eigenvalue weighted by Crippen LogP contribution is -2.45. The first-order valence-corrected chi connectivity index (χ1v) is 35.8. The summed E-state index contributed by atoms with van der Waals surface area (Å²) < 4.78 is 23.7. The normalized spacial score (nSPS) is 14.1. The number of hydrogen-bond donors (Lipinski definition) is 3. The standard InChI is InChI=1S/C71H133N2O6P/c1-6-8-10-12-14-16-18-20-22-24-25-26-27-28-29-30-31-32-33-34-35-36-37-38-39-40-41-42-43-44-45-46-47-49-51-53-55-57-59-61-63-65-71(75)72-69(68-79-80(76,77)78-67-66-73(3,4)5)70(74)64-62-60-58-56-54-52-50-48-23-21-19-17-15-13-11-9-7-2/h18,20,23-25,27-28,48,54,56,62,64,69-70,74H,6-17,19,21-22,26,29-47,49-53,55,57-61,63,65-68H2,1-5H3,(H-,72,75,76,77)/p+1/b20-18-,25-24-,28-27-,48-23+,56-54+,64-62+. The molecule has 1 amide bonds. The van der Waals surface area contributed by atoms with Gasteiger partial charge in [0.2, 0.25) is 5.91 Å². The summed E-state index contributed by atoms with van der Waals surface area (Å²) in [5.41, 5.74) is 0. The number of carbonyl (C=O) groups excluding carboxylic acids is 1. The van der Waals surface area contributed by atoms with Crippen molar-refractivity contribution in [3.8, 4) is 0 Å². The Balaban J connectivity index is 3.93. The van der Waals surface area contributed by atoms with E-state index >= 15 is 0 Å². The maximum Gasteiger partial charge on any atom is 0.472 e. The van der Waals surface area contributed by atoms with Crippen LogP contribution in [0.2, 0.25) is 0 Å². The predicted molar refractivity (Wildman–Crippen MR) is 350 cm³/mol. The van der Waals surface area contributed by atoms with E-state index in [2.05, 4.69) is 79.9 Å². The zero-order chi connectivity index (χ0) is 58.4. The minimum Gasteiger partial charge on any atom is -0.387 e. The molecule has 3 N–H and O–H groups in total. The second-order valence-electron chi connectivity index (χ2n) is 24.5. The third-order valence-electron chi connectivity index (χ3n) is 15.4. The van der Waals surface area contributed by atoms with Gasteiger partial charge in [0.05, 0.1) is 39.9 Å². The SMILES string of the molecule is CCCCCCC/C=C\C/C=C\C/C=C\CCCCCCCCCCCCCCCCCCCCCCCCCCCCC(=O)NC(COP(=O)(O)OCC[N+](C)(C)C)C(O)/C=C/CC/C=C/CC/C=C/CCCCCCCCC. The first-order valence-electron chi connectivity index (χ1n) is 34.3. The van der Waals surface area contributed by atoms with Crippen LogP contribution in [0.3, 0.4) is 0 Å². The number of quaternary nitrogens is 1. The minimum atomic E-state index is -4.36. The third-order valence-corrected chi connectivity index (χ3v) is 16.4. The molecule has 0 aromatic rings. The number of phosphoric ester groups is 1. The second kappa shape index (κ2) is 61.5. The van der Waals surface area contributed by atoms with Gasteiger partial charge in [0.1, 0.15) is 13.2 Å². The van der Waals surface area contributed by atoms with E-state index < -0.39 is 20.0 Å². The molecule has 0 spiro atoms. The van der Waals surface area contributed by atoms with Gasteiger partial charge in [0.15, 0.2) is 0 Å². The van der Waals surface area contributed by atoms with Crippen LogP contribution >= 0.6 is 7.82 Å². The fourth-order valence-corrected chi connectivity index (χ4v) is 10.8. The number of aliphatic hydroxyl groups is 1. The lowest BCUT2D eigenvalue weighted by Gasteiger charge is -2.25. The summed E-state index contributed by atoms with van der Waals surface area (Å²) in [6, 6.07) is -0.871. The summed E-state index contributed by atoms with van der Waals surface area (Å²) in [6.07, 6.45) is 86.4. The van der Waals surface area contributed by atoms with E-state index in [0.29, 0.717) is 17.4 Å². The molecular formula is C71H134N2O6P+. The molecule has 0 bridgehead atoms. The van der Waals surface area contributed by atoms with E-state index in [1.807, 2.05) is 27.2 Å². The molecule has 0 radical (unpaired) electrons. The Morgan fingerprint density at radius 3 is 1.09 bits per heavy atom. The lowest BCUT2D eigenvalue weighted by atomic mass is 10.0. The van der Waals surface area contributed by atoms with Crippen LogP contribution in [0, 0.1) is 0 Å². The van der Waals surface area contributed by atoms with Gasteiger partial charge in [-0.1, -0.05) is 305 Å². The van der Waals surface area contributed by atoms with Crippen molar-refractivity contribution < 1.29 is 32.9 Å². The molecule has 9 heteroatoms. The van der Waals surface area contributed by atoms with Crippen molar-refractivity contribution >= 4 is 13.7 Å². The summed E-state index contributed by atoms with van der Waals surface area (Å²) in [6.45, 7) is 4.79. The molecule has 0 fully saturated rings. The first kappa shape index (κ1) is 77.9. The molecule has 8 nitrogen and oxygen atoms in total. The van der Waals surface area contributed by atoms with E-state index in [1.165, 1.54) is 244 Å². The van der Waals surface area contributed by atoms with Gasteiger partial charge in [-0.15, -0.1) is 0 Å². The predicted octanol–water partition coefficient (Wildman–Crippen LogP) is 21.8. The van der Waals surface area contributed by atoms with Gasteiger partial charge in [0.25, 0.3) is 0 Å². The minimum absolute atomic E-state index is 0.0533. The van der Waals surface area contributed by atoms with Gasteiger partial charge in [-0.25, -0.2) is 4.57 Å². The molecule has 0 saturated carbocycles. The van der Waals surface area contributed by atoms with E-state index in [0.717, 1.165) is 57.8 Å². The third kappa shape index (κ3) is 63.5. The highest BCUT2D eigenvalue weighted by atomic mass is 31.2. The number of unbranched alkanes of at least 4 members (excludes halogenated alkanes) is 40. The number of rotatable bonds is 63. The molecule has 3 unspecified atom stereocenters. The Hall–Kier alpha value is -2.06. The number of likely N-dealkylation sites (N-methyl/N-ethyl adjacent to an activating group) is 1. The largest absolute Gasteiger partial charge is 0.472 e. The van der Waals surface area contributed by atoms with Crippen molar-refractivity contribution in [2.45, 2.75) is 334 Å². The lowest BCUT2D eigenvalue weighted by molar-refractivity contribution is -0.870. The summed E-state index contributed by atoms with van der Waals surface area (Å²) in [5.74, 6) is -0.187. The van der Waals surface area contributed by atoms with E-state index in [1.54, 1.807) is 6.08 Å². The number of nitrogens with zero attached hydrogens (tertiary/aromatic N) is 1. The van der Waals surface area contributed by atoms with Crippen molar-refractivity contribution in [3.63, 3.8) is 0 Å². The van der Waals surface area contributed by atoms with E-state index in [4.69, 9.17) is 9.05 Å². The van der Waals surface area contributed by atoms with Crippen molar-refractivity contribution in [2.24, 2.45) is 0 Å². The fourth-order valence-electron chi connectivity index (χ4n) is 10.0. The average molecular weight is 1140 g/mol. The molecule has 0 saturated heterocycles. The van der Waals surface area contributed by atoms with Crippen molar-refractivity contribution in [1.29, 1.82) is 0 Å². The maximum atomic E-state index is 13.0. The Kier molecular flexibility index (Phi) is 59.9. The van der Waals surface area contributed by atoms with Gasteiger partial charge in [0, 0.05) is 6.42 Å². The topological polar surface area (TPSA) is 105 Å². The van der Waals surface area contributed by atoms with Crippen LogP contribution < -0.4 is 5.32 Å². The zero-order valence-electron chi connectivity index (χ0n) is 53.6. The molecule has 3 atom stereocenters. The van der Waals surface area contributed by atoms with Crippen molar-refractivity contribution in [3.05, 3.63) is 72.9 Å². The molecule has 0 aliphatic rings. The Bertz CT molecular complexity index is 1530. The Morgan fingerprint density at radius 2 is 0.725 bits per heavy atom. The van der Waals surface area contributed by atoms with Crippen LogP contribution in [-0.4, -0.2) is 73.4 Å². The number of carbonyl (C=O) groups is 1. The van der Waals surface area contributed by atoms with Crippen LogP contribution in [0.15, 0.2) is 72.9 Å². The monoisotopic (exact) mass is 1140 g/mol.